The molecule has 1 amide bonds. The highest BCUT2D eigenvalue weighted by atomic mass is 35.5. The van der Waals surface area contributed by atoms with Crippen LogP contribution in [0.25, 0.3) is 0 Å². The van der Waals surface area contributed by atoms with Crippen molar-refractivity contribution in [1.82, 2.24) is 5.32 Å². The first-order valence-corrected chi connectivity index (χ1v) is 6.66. The van der Waals surface area contributed by atoms with E-state index in [1.165, 1.54) is 18.2 Å². The minimum absolute atomic E-state index is 0.00724. The summed E-state index contributed by atoms with van der Waals surface area (Å²) in [6.45, 7) is 1.81. The molecule has 0 bridgehead atoms. The lowest BCUT2D eigenvalue weighted by atomic mass is 10.1. The molecule has 2 aromatic rings. The molecule has 0 aromatic heterocycles. The number of nitro benzene ring substituents is 1. The van der Waals surface area contributed by atoms with Gasteiger partial charge in [-0.2, -0.15) is 0 Å². The van der Waals surface area contributed by atoms with E-state index in [0.717, 1.165) is 5.56 Å². The van der Waals surface area contributed by atoms with Gasteiger partial charge in [0.1, 0.15) is 5.56 Å². The number of benzene rings is 2. The number of nitrogens with one attached hydrogen (secondary N) is 1. The molecule has 0 heterocycles. The Hall–Kier alpha value is -2.40. The Bertz CT molecular complexity index is 674. The third-order valence-electron chi connectivity index (χ3n) is 3.05. The Morgan fingerprint density at radius 3 is 2.52 bits per heavy atom. The van der Waals surface area contributed by atoms with Gasteiger partial charge < -0.3 is 5.32 Å². The lowest BCUT2D eigenvalue weighted by Crippen LogP contribution is -2.27. The van der Waals surface area contributed by atoms with Crippen molar-refractivity contribution in [3.8, 4) is 0 Å². The first-order chi connectivity index (χ1) is 9.99. The molecule has 1 unspecified atom stereocenters. The normalized spacial score (nSPS) is 11.7. The highest BCUT2D eigenvalue weighted by Gasteiger charge is 2.21. The van der Waals surface area contributed by atoms with Crippen LogP contribution in [0.2, 0.25) is 5.02 Å². The van der Waals surface area contributed by atoms with E-state index in [4.69, 9.17) is 11.6 Å². The van der Waals surface area contributed by atoms with E-state index >= 15 is 0 Å². The second-order valence-electron chi connectivity index (χ2n) is 4.52. The Labute approximate surface area is 126 Å². The van der Waals surface area contributed by atoms with Crippen LogP contribution < -0.4 is 5.32 Å². The molecule has 0 spiro atoms. The zero-order valence-electron chi connectivity index (χ0n) is 11.2. The van der Waals surface area contributed by atoms with Crippen molar-refractivity contribution in [3.63, 3.8) is 0 Å². The van der Waals surface area contributed by atoms with Crippen molar-refractivity contribution >= 4 is 23.2 Å². The minimum atomic E-state index is -0.617. The van der Waals surface area contributed by atoms with Crippen LogP contribution in [0.4, 0.5) is 5.69 Å². The lowest BCUT2D eigenvalue weighted by Gasteiger charge is -2.14. The van der Waals surface area contributed by atoms with Crippen molar-refractivity contribution in [3.05, 3.63) is 74.8 Å². The van der Waals surface area contributed by atoms with Gasteiger partial charge >= 0.3 is 0 Å². The number of hydrogen-bond donors (Lipinski definition) is 1. The summed E-state index contributed by atoms with van der Waals surface area (Å²) in [5.41, 5.74) is 0.606. The molecule has 1 atom stereocenters. The maximum atomic E-state index is 12.2. The Balaban J connectivity index is 2.23. The fourth-order valence-electron chi connectivity index (χ4n) is 1.95. The van der Waals surface area contributed by atoms with Crippen LogP contribution >= 0.6 is 11.6 Å². The summed E-state index contributed by atoms with van der Waals surface area (Å²) in [5, 5.41) is 14.0. The molecule has 0 radical (unpaired) electrons. The van der Waals surface area contributed by atoms with Gasteiger partial charge in [-0.3, -0.25) is 14.9 Å². The topological polar surface area (TPSA) is 72.2 Å². The van der Waals surface area contributed by atoms with E-state index in [2.05, 4.69) is 5.32 Å². The Morgan fingerprint density at radius 2 is 1.90 bits per heavy atom. The molecule has 21 heavy (non-hydrogen) atoms. The fourth-order valence-corrected chi connectivity index (χ4v) is 2.11. The molecule has 2 aromatic carbocycles. The molecule has 108 valence electrons. The summed E-state index contributed by atoms with van der Waals surface area (Å²) in [7, 11) is 0. The van der Waals surface area contributed by atoms with Gasteiger partial charge in [0.15, 0.2) is 0 Å². The summed E-state index contributed by atoms with van der Waals surface area (Å²) in [6.07, 6.45) is 0. The second kappa shape index (κ2) is 6.37. The van der Waals surface area contributed by atoms with E-state index in [9.17, 15) is 14.9 Å². The number of amides is 1. The summed E-state index contributed by atoms with van der Waals surface area (Å²) in [6, 6.07) is 13.1. The maximum Gasteiger partial charge on any atom is 0.283 e. The smallest absolute Gasteiger partial charge is 0.283 e. The molecular weight excluding hydrogens is 292 g/mol. The first-order valence-electron chi connectivity index (χ1n) is 6.29. The maximum absolute atomic E-state index is 12.2. The van der Waals surface area contributed by atoms with E-state index in [1.54, 1.807) is 0 Å². The van der Waals surface area contributed by atoms with Crippen molar-refractivity contribution in [2.45, 2.75) is 13.0 Å². The van der Waals surface area contributed by atoms with Gasteiger partial charge in [-0.15, -0.1) is 0 Å². The quantitative estimate of drug-likeness (QED) is 0.691. The molecule has 0 saturated heterocycles. The molecular formula is C15H13ClN2O3. The average molecular weight is 305 g/mol. The third kappa shape index (κ3) is 3.58. The predicted molar refractivity (Wildman–Crippen MR) is 80.4 cm³/mol. The Kier molecular flexibility index (Phi) is 4.55. The summed E-state index contributed by atoms with van der Waals surface area (Å²) in [4.78, 5) is 22.6. The number of carbonyl (C=O) groups excluding carboxylic acids is 1. The molecule has 1 N–H and O–H groups in total. The second-order valence-corrected chi connectivity index (χ2v) is 4.96. The zero-order chi connectivity index (χ0) is 15.4. The van der Waals surface area contributed by atoms with Gasteiger partial charge in [0.05, 0.1) is 11.0 Å². The van der Waals surface area contributed by atoms with Gasteiger partial charge in [0.2, 0.25) is 0 Å². The SMILES string of the molecule is CC(NC(=O)c1ccc(Cl)cc1[N+](=O)[O-])c1ccccc1. The van der Waals surface area contributed by atoms with Gasteiger partial charge in [0.25, 0.3) is 11.6 Å². The van der Waals surface area contributed by atoms with E-state index < -0.39 is 10.8 Å². The van der Waals surface area contributed by atoms with Crippen LogP contribution in [0, 0.1) is 10.1 Å². The predicted octanol–water partition coefficient (Wildman–Crippen LogP) is 3.74. The van der Waals surface area contributed by atoms with Crippen molar-refractivity contribution in [2.75, 3.05) is 0 Å². The summed E-state index contributed by atoms with van der Waals surface area (Å²) < 4.78 is 0. The third-order valence-corrected chi connectivity index (χ3v) is 3.28. The molecule has 0 saturated carbocycles. The molecule has 0 aliphatic heterocycles. The standard InChI is InChI=1S/C15H13ClN2O3/c1-10(11-5-3-2-4-6-11)17-15(19)13-8-7-12(16)9-14(13)18(20)21/h2-10H,1H3,(H,17,19). The first kappa shape index (κ1) is 15.0. The molecule has 0 aliphatic carbocycles. The van der Waals surface area contributed by atoms with Gasteiger partial charge in [0, 0.05) is 11.1 Å². The van der Waals surface area contributed by atoms with E-state index in [1.807, 2.05) is 37.3 Å². The molecule has 0 aliphatic rings. The van der Waals surface area contributed by atoms with Crippen LogP contribution in [-0.4, -0.2) is 10.8 Å². The molecule has 5 nitrogen and oxygen atoms in total. The molecule has 0 fully saturated rings. The summed E-state index contributed by atoms with van der Waals surface area (Å²) >= 11 is 5.73. The van der Waals surface area contributed by atoms with E-state index in [0.29, 0.717) is 0 Å². The van der Waals surface area contributed by atoms with Crippen LogP contribution in [0.5, 0.6) is 0 Å². The zero-order valence-corrected chi connectivity index (χ0v) is 12.0. The number of hydrogen-bond acceptors (Lipinski definition) is 3. The largest absolute Gasteiger partial charge is 0.345 e. The highest BCUT2D eigenvalue weighted by molar-refractivity contribution is 6.31. The minimum Gasteiger partial charge on any atom is -0.345 e. The Morgan fingerprint density at radius 1 is 1.24 bits per heavy atom. The highest BCUT2D eigenvalue weighted by Crippen LogP contribution is 2.24. The van der Waals surface area contributed by atoms with Gasteiger partial charge in [-0.05, 0) is 24.6 Å². The molecule has 2 rings (SSSR count). The number of nitro groups is 1. The molecule has 6 heteroatoms. The van der Waals surface area contributed by atoms with Crippen molar-refractivity contribution in [2.24, 2.45) is 0 Å². The monoisotopic (exact) mass is 304 g/mol. The van der Waals surface area contributed by atoms with Crippen LogP contribution in [-0.2, 0) is 0 Å². The number of rotatable bonds is 4. The number of carbonyl (C=O) groups is 1. The number of nitrogens with zero attached hydrogens (tertiary/aromatic N) is 1. The van der Waals surface area contributed by atoms with Gasteiger partial charge in [-0.25, -0.2) is 0 Å². The van der Waals surface area contributed by atoms with Crippen LogP contribution in [0.3, 0.4) is 0 Å². The fraction of sp³-hybridized carbons (Fsp3) is 0.133. The average Bonchev–Trinajstić information content (AvgIpc) is 2.47. The van der Waals surface area contributed by atoms with Gasteiger partial charge in [-0.1, -0.05) is 41.9 Å². The van der Waals surface area contributed by atoms with Crippen LogP contribution in [0.1, 0.15) is 28.9 Å². The lowest BCUT2D eigenvalue weighted by molar-refractivity contribution is -0.385. The summed E-state index contributed by atoms with van der Waals surface area (Å²) in [5.74, 6) is -0.505. The number of halogens is 1. The van der Waals surface area contributed by atoms with E-state index in [-0.39, 0.29) is 22.3 Å². The van der Waals surface area contributed by atoms with Crippen molar-refractivity contribution in [1.29, 1.82) is 0 Å². The van der Waals surface area contributed by atoms with Crippen LogP contribution in [0.15, 0.2) is 48.5 Å². The van der Waals surface area contributed by atoms with Crippen molar-refractivity contribution < 1.29 is 9.72 Å².